The Balaban J connectivity index is 1.22. The number of carboxylic acid groups (broad SMARTS) is 1. The van der Waals surface area contributed by atoms with Crippen molar-refractivity contribution in [3.63, 3.8) is 0 Å². The van der Waals surface area contributed by atoms with Crippen molar-refractivity contribution in [1.82, 2.24) is 4.98 Å². The van der Waals surface area contributed by atoms with Crippen LogP contribution in [-0.4, -0.2) is 28.3 Å². The maximum absolute atomic E-state index is 12.6. The molecule has 1 N–H and O–H groups in total. The Bertz CT molecular complexity index is 1660. The minimum Gasteiger partial charge on any atom is -0.493 e. The molecule has 6 nitrogen and oxygen atoms in total. The number of ether oxygens (including phenoxy) is 2. The molecule has 0 aliphatic carbocycles. The summed E-state index contributed by atoms with van der Waals surface area (Å²) in [5, 5.41) is 10.3. The van der Waals surface area contributed by atoms with Crippen LogP contribution in [0.15, 0.2) is 108 Å². The first-order chi connectivity index (χ1) is 21.3. The van der Waals surface area contributed by atoms with Gasteiger partial charge in [-0.25, -0.2) is 9.78 Å². The Kier molecular flexibility index (Phi) is 9.80. The molecule has 0 unspecified atom stereocenters. The van der Waals surface area contributed by atoms with Crippen LogP contribution in [0.4, 0.5) is 0 Å². The molecule has 0 saturated heterocycles. The molecule has 6 heteroatoms. The van der Waals surface area contributed by atoms with Crippen LogP contribution in [0.5, 0.6) is 11.5 Å². The highest BCUT2D eigenvalue weighted by atomic mass is 16.5. The third kappa shape index (κ3) is 7.56. The molecule has 1 atom stereocenters. The summed E-state index contributed by atoms with van der Waals surface area (Å²) in [5.74, 6) is 1.68. The number of hydrogen-bond donors (Lipinski definition) is 1. The van der Waals surface area contributed by atoms with Crippen molar-refractivity contribution in [2.24, 2.45) is 0 Å². The van der Waals surface area contributed by atoms with Gasteiger partial charge in [0.1, 0.15) is 17.3 Å². The van der Waals surface area contributed by atoms with Gasteiger partial charge in [0.15, 0.2) is 0 Å². The van der Waals surface area contributed by atoms with Crippen LogP contribution in [0, 0.1) is 13.8 Å². The number of nitrogens with zero attached hydrogens (tertiary/aromatic N) is 1. The highest BCUT2D eigenvalue weighted by Gasteiger charge is 2.40. The highest BCUT2D eigenvalue weighted by Crippen LogP contribution is 2.30. The van der Waals surface area contributed by atoms with E-state index in [0.717, 1.165) is 52.1 Å². The summed E-state index contributed by atoms with van der Waals surface area (Å²) in [6, 6.07) is 33.5. The lowest BCUT2D eigenvalue weighted by atomic mass is 9.89. The van der Waals surface area contributed by atoms with Gasteiger partial charge in [-0.05, 0) is 79.8 Å². The molecule has 0 amide bonds. The summed E-state index contributed by atoms with van der Waals surface area (Å²) in [5.41, 5.74) is 4.66. The lowest BCUT2D eigenvalue weighted by molar-refractivity contribution is -0.156. The van der Waals surface area contributed by atoms with E-state index >= 15 is 0 Å². The molecule has 5 aromatic rings. The normalized spacial score (nSPS) is 12.4. The molecule has 0 fully saturated rings. The SMILES string of the molecule is CCCC[C@](Cc1ccc(OCCc2nc(-c3cccc(-c4ccccc4)c3)oc2C)cc1)(Oc1ccc(C)cc1)C(=O)O. The molecule has 4 aromatic carbocycles. The topological polar surface area (TPSA) is 81.8 Å². The molecule has 226 valence electrons. The van der Waals surface area contributed by atoms with Crippen molar-refractivity contribution in [3.8, 4) is 34.1 Å². The number of carbonyl (C=O) groups is 1. The van der Waals surface area contributed by atoms with Crippen molar-refractivity contribution in [1.29, 1.82) is 0 Å². The number of carboxylic acids is 1. The fourth-order valence-electron chi connectivity index (χ4n) is 5.24. The number of rotatable bonds is 14. The van der Waals surface area contributed by atoms with Gasteiger partial charge in [0.25, 0.3) is 0 Å². The van der Waals surface area contributed by atoms with Crippen molar-refractivity contribution in [3.05, 3.63) is 126 Å². The van der Waals surface area contributed by atoms with Gasteiger partial charge in [-0.1, -0.05) is 85.6 Å². The number of unbranched alkanes of at least 4 members (excludes halogenated alkanes) is 1. The van der Waals surface area contributed by atoms with E-state index in [1.807, 2.05) is 92.7 Å². The first kappa shape index (κ1) is 30.6. The molecule has 0 aliphatic heterocycles. The lowest BCUT2D eigenvalue weighted by Gasteiger charge is -2.31. The van der Waals surface area contributed by atoms with Gasteiger partial charge in [-0.15, -0.1) is 0 Å². The highest BCUT2D eigenvalue weighted by molar-refractivity contribution is 5.78. The van der Waals surface area contributed by atoms with E-state index in [2.05, 4.69) is 31.2 Å². The summed E-state index contributed by atoms with van der Waals surface area (Å²) < 4.78 is 18.3. The molecule has 44 heavy (non-hydrogen) atoms. The van der Waals surface area contributed by atoms with Crippen LogP contribution >= 0.6 is 0 Å². The zero-order valence-corrected chi connectivity index (χ0v) is 25.6. The molecule has 0 saturated carbocycles. The standard InChI is InChI=1S/C38H39NO5/c1-4-5-23-38(37(40)41,44-34-18-14-27(2)15-19-34)26-29-16-20-33(21-17-29)42-24-22-35-28(3)43-36(39-35)32-13-9-12-31(25-32)30-10-7-6-8-11-30/h6-21,25H,4-5,22-24,26H2,1-3H3,(H,40,41)/t38-/m1/s1. The van der Waals surface area contributed by atoms with Gasteiger partial charge >= 0.3 is 5.97 Å². The second kappa shape index (κ2) is 14.1. The van der Waals surface area contributed by atoms with Crippen molar-refractivity contribution < 1.29 is 23.8 Å². The number of hydrogen-bond acceptors (Lipinski definition) is 5. The zero-order valence-electron chi connectivity index (χ0n) is 25.6. The van der Waals surface area contributed by atoms with Crippen LogP contribution in [0.3, 0.4) is 0 Å². The summed E-state index contributed by atoms with van der Waals surface area (Å²) in [7, 11) is 0. The third-order valence-electron chi connectivity index (χ3n) is 7.79. The van der Waals surface area contributed by atoms with E-state index in [-0.39, 0.29) is 6.42 Å². The second-order valence-electron chi connectivity index (χ2n) is 11.2. The number of benzene rings is 4. The Morgan fingerprint density at radius 3 is 2.23 bits per heavy atom. The van der Waals surface area contributed by atoms with Crippen LogP contribution in [-0.2, 0) is 17.6 Å². The Labute approximate surface area is 259 Å². The molecule has 0 radical (unpaired) electrons. The molecule has 0 aliphatic rings. The van der Waals surface area contributed by atoms with Crippen molar-refractivity contribution in [2.45, 2.75) is 58.5 Å². The Morgan fingerprint density at radius 1 is 0.841 bits per heavy atom. The van der Waals surface area contributed by atoms with Crippen molar-refractivity contribution >= 4 is 5.97 Å². The molecule has 0 bridgehead atoms. The largest absolute Gasteiger partial charge is 0.493 e. The van der Waals surface area contributed by atoms with Gasteiger partial charge in [-0.2, -0.15) is 0 Å². The Morgan fingerprint density at radius 2 is 1.52 bits per heavy atom. The average Bonchev–Trinajstić information content (AvgIpc) is 3.42. The maximum atomic E-state index is 12.6. The smallest absolute Gasteiger partial charge is 0.348 e. The second-order valence-corrected chi connectivity index (χ2v) is 11.2. The molecule has 1 heterocycles. The zero-order chi connectivity index (χ0) is 30.9. The third-order valence-corrected chi connectivity index (χ3v) is 7.79. The molecule has 5 rings (SSSR count). The van der Waals surface area contributed by atoms with E-state index in [0.29, 0.717) is 36.8 Å². The molecular weight excluding hydrogens is 550 g/mol. The monoisotopic (exact) mass is 589 g/mol. The summed E-state index contributed by atoms with van der Waals surface area (Å²) in [4.78, 5) is 17.3. The van der Waals surface area contributed by atoms with Crippen LogP contribution in [0.1, 0.15) is 48.8 Å². The van der Waals surface area contributed by atoms with Crippen molar-refractivity contribution in [2.75, 3.05) is 6.61 Å². The molecule has 1 aromatic heterocycles. The predicted octanol–water partition coefficient (Wildman–Crippen LogP) is 8.88. The average molecular weight is 590 g/mol. The fraction of sp³-hybridized carbons (Fsp3) is 0.263. The number of oxazole rings is 1. The quantitative estimate of drug-likeness (QED) is 0.139. The predicted molar refractivity (Wildman–Crippen MR) is 173 cm³/mol. The van der Waals surface area contributed by atoms with Gasteiger partial charge in [0.2, 0.25) is 11.5 Å². The van der Waals surface area contributed by atoms with E-state index in [1.165, 1.54) is 0 Å². The maximum Gasteiger partial charge on any atom is 0.348 e. The van der Waals surface area contributed by atoms with E-state index in [9.17, 15) is 9.90 Å². The Hall–Kier alpha value is -4.84. The minimum atomic E-state index is -1.35. The number of aromatic nitrogens is 1. The van der Waals surface area contributed by atoms with Gasteiger partial charge < -0.3 is 19.0 Å². The minimum absolute atomic E-state index is 0.253. The molecule has 0 spiro atoms. The molecular formula is C38H39NO5. The fourth-order valence-corrected chi connectivity index (χ4v) is 5.24. The van der Waals surface area contributed by atoms with Gasteiger partial charge in [0.05, 0.1) is 12.3 Å². The summed E-state index contributed by atoms with van der Waals surface area (Å²) in [6.07, 6.45) is 2.90. The van der Waals surface area contributed by atoms with Gasteiger partial charge in [-0.3, -0.25) is 0 Å². The first-order valence-corrected chi connectivity index (χ1v) is 15.2. The lowest BCUT2D eigenvalue weighted by Crippen LogP contribution is -2.46. The van der Waals surface area contributed by atoms with Crippen LogP contribution < -0.4 is 9.47 Å². The van der Waals surface area contributed by atoms with E-state index in [1.54, 1.807) is 0 Å². The van der Waals surface area contributed by atoms with E-state index < -0.39 is 11.6 Å². The first-order valence-electron chi connectivity index (χ1n) is 15.2. The number of aryl methyl sites for hydroxylation is 2. The van der Waals surface area contributed by atoms with Gasteiger partial charge in [0, 0.05) is 18.4 Å². The summed E-state index contributed by atoms with van der Waals surface area (Å²) in [6.45, 7) is 6.40. The van der Waals surface area contributed by atoms with Crippen LogP contribution in [0.2, 0.25) is 0 Å². The van der Waals surface area contributed by atoms with E-state index in [4.69, 9.17) is 18.9 Å². The summed E-state index contributed by atoms with van der Waals surface area (Å²) >= 11 is 0. The van der Waals surface area contributed by atoms with Crippen LogP contribution in [0.25, 0.3) is 22.6 Å². The number of aliphatic carboxylic acids is 1.